The third kappa shape index (κ3) is 3.57. The van der Waals surface area contributed by atoms with E-state index in [1.807, 2.05) is 0 Å². The van der Waals surface area contributed by atoms with E-state index in [9.17, 15) is 22.8 Å². The van der Waals surface area contributed by atoms with E-state index in [1.54, 1.807) is 6.07 Å². The molecule has 0 unspecified atom stereocenters. The molecule has 0 spiro atoms. The molecule has 0 aromatic heterocycles. The summed E-state index contributed by atoms with van der Waals surface area (Å²) in [5.74, 6) is -3.19. The summed E-state index contributed by atoms with van der Waals surface area (Å²) in [6.45, 7) is 0.201. The van der Waals surface area contributed by atoms with Gasteiger partial charge in [0.1, 0.15) is 12.4 Å². The number of hydrogen-bond acceptors (Lipinski definition) is 2. The number of para-hydroxylation sites is 1. The van der Waals surface area contributed by atoms with Crippen molar-refractivity contribution in [3.63, 3.8) is 0 Å². The third-order valence-corrected chi connectivity index (χ3v) is 3.79. The van der Waals surface area contributed by atoms with Crippen molar-refractivity contribution in [2.24, 2.45) is 0 Å². The molecule has 1 saturated heterocycles. The Balaban J connectivity index is 1.65. The first kappa shape index (κ1) is 16.8. The van der Waals surface area contributed by atoms with Crippen molar-refractivity contribution < 1.29 is 22.8 Å². The quantitative estimate of drug-likeness (QED) is 0.923. The molecular formula is C17H14F3N3O2. The van der Waals surface area contributed by atoms with E-state index in [0.29, 0.717) is 0 Å². The Morgan fingerprint density at radius 1 is 1.00 bits per heavy atom. The van der Waals surface area contributed by atoms with Crippen molar-refractivity contribution in [1.29, 1.82) is 0 Å². The van der Waals surface area contributed by atoms with Crippen molar-refractivity contribution in [3.05, 3.63) is 59.9 Å². The Hall–Kier alpha value is -3.03. The molecule has 5 nitrogen and oxygen atoms in total. The van der Waals surface area contributed by atoms with Gasteiger partial charge in [-0.25, -0.2) is 18.0 Å². The van der Waals surface area contributed by atoms with Crippen molar-refractivity contribution >= 4 is 23.3 Å². The topological polar surface area (TPSA) is 52.7 Å². The van der Waals surface area contributed by atoms with Crippen LogP contribution in [-0.4, -0.2) is 36.5 Å². The Labute approximate surface area is 141 Å². The molecule has 1 aliphatic heterocycles. The van der Waals surface area contributed by atoms with Gasteiger partial charge in [-0.1, -0.05) is 12.1 Å². The molecule has 3 amide bonds. The average Bonchev–Trinajstić information content (AvgIpc) is 2.93. The standard InChI is InChI=1S/C17H14F3N3O2/c18-12-6-5-11(9-14(12)20)23-8-7-22(17(23)25)10-16(24)21-15-4-2-1-3-13(15)19/h1-6,9H,7-8,10H2,(H,21,24). The highest BCUT2D eigenvalue weighted by molar-refractivity contribution is 5.99. The number of urea groups is 1. The summed E-state index contributed by atoms with van der Waals surface area (Å²) in [5, 5.41) is 2.39. The predicted octanol–water partition coefficient (Wildman–Crippen LogP) is 2.98. The summed E-state index contributed by atoms with van der Waals surface area (Å²) in [6.07, 6.45) is 0. The molecule has 8 heteroatoms. The minimum atomic E-state index is -1.05. The molecule has 130 valence electrons. The van der Waals surface area contributed by atoms with Crippen LogP contribution >= 0.6 is 0 Å². The minimum absolute atomic E-state index is 0.0246. The number of carbonyl (C=O) groups is 2. The van der Waals surface area contributed by atoms with Gasteiger partial charge < -0.3 is 10.2 Å². The summed E-state index contributed by atoms with van der Waals surface area (Å²) < 4.78 is 39.8. The molecule has 2 aromatic carbocycles. The summed E-state index contributed by atoms with van der Waals surface area (Å²) in [4.78, 5) is 26.8. The second-order valence-corrected chi connectivity index (χ2v) is 5.48. The van der Waals surface area contributed by atoms with Gasteiger partial charge in [0.15, 0.2) is 11.6 Å². The fourth-order valence-corrected chi connectivity index (χ4v) is 2.55. The summed E-state index contributed by atoms with van der Waals surface area (Å²) >= 11 is 0. The van der Waals surface area contributed by atoms with Crippen LogP contribution in [0.4, 0.5) is 29.3 Å². The predicted molar refractivity (Wildman–Crippen MR) is 85.7 cm³/mol. The van der Waals surface area contributed by atoms with Crippen LogP contribution in [0.5, 0.6) is 0 Å². The van der Waals surface area contributed by atoms with E-state index in [1.165, 1.54) is 34.1 Å². The van der Waals surface area contributed by atoms with Crippen molar-refractivity contribution in [2.75, 3.05) is 29.9 Å². The monoisotopic (exact) mass is 349 g/mol. The van der Waals surface area contributed by atoms with Crippen LogP contribution in [0.25, 0.3) is 0 Å². The van der Waals surface area contributed by atoms with Crippen LogP contribution in [0.15, 0.2) is 42.5 Å². The van der Waals surface area contributed by atoms with Crippen LogP contribution in [0, 0.1) is 17.5 Å². The van der Waals surface area contributed by atoms with Crippen LogP contribution in [0.3, 0.4) is 0 Å². The molecule has 0 saturated carbocycles. The highest BCUT2D eigenvalue weighted by atomic mass is 19.2. The molecular weight excluding hydrogens is 335 g/mol. The molecule has 0 bridgehead atoms. The smallest absolute Gasteiger partial charge is 0.322 e. The van der Waals surface area contributed by atoms with Gasteiger partial charge in [0, 0.05) is 24.8 Å². The molecule has 0 atom stereocenters. The number of rotatable bonds is 4. The largest absolute Gasteiger partial charge is 0.325 e. The molecule has 25 heavy (non-hydrogen) atoms. The van der Waals surface area contributed by atoms with Gasteiger partial charge in [-0.2, -0.15) is 0 Å². The molecule has 0 aliphatic carbocycles. The highest BCUT2D eigenvalue weighted by Crippen LogP contribution is 2.22. The van der Waals surface area contributed by atoms with Gasteiger partial charge in [-0.15, -0.1) is 0 Å². The number of halogens is 3. The lowest BCUT2D eigenvalue weighted by Gasteiger charge is -2.18. The van der Waals surface area contributed by atoms with E-state index >= 15 is 0 Å². The maximum Gasteiger partial charge on any atom is 0.325 e. The first-order valence-electron chi connectivity index (χ1n) is 7.51. The van der Waals surface area contributed by atoms with Gasteiger partial charge in [-0.3, -0.25) is 9.69 Å². The minimum Gasteiger partial charge on any atom is -0.322 e. The van der Waals surface area contributed by atoms with Crippen LogP contribution < -0.4 is 10.2 Å². The molecule has 3 rings (SSSR count). The summed E-state index contributed by atoms with van der Waals surface area (Å²) in [6, 6.07) is 8.34. The molecule has 1 fully saturated rings. The molecule has 1 N–H and O–H groups in total. The summed E-state index contributed by atoms with van der Waals surface area (Å²) in [7, 11) is 0. The zero-order valence-corrected chi connectivity index (χ0v) is 13.0. The first-order chi connectivity index (χ1) is 12.0. The van der Waals surface area contributed by atoms with Gasteiger partial charge >= 0.3 is 6.03 Å². The fraction of sp³-hybridized carbons (Fsp3) is 0.176. The number of nitrogens with one attached hydrogen (secondary N) is 1. The number of hydrogen-bond donors (Lipinski definition) is 1. The maximum absolute atomic E-state index is 13.5. The molecule has 1 aliphatic rings. The lowest BCUT2D eigenvalue weighted by molar-refractivity contribution is -0.116. The zero-order chi connectivity index (χ0) is 18.0. The number of amides is 3. The zero-order valence-electron chi connectivity index (χ0n) is 13.0. The van der Waals surface area contributed by atoms with Crippen LogP contribution in [0.1, 0.15) is 0 Å². The van der Waals surface area contributed by atoms with E-state index in [4.69, 9.17) is 0 Å². The van der Waals surface area contributed by atoms with Crippen molar-refractivity contribution in [1.82, 2.24) is 4.90 Å². The lowest BCUT2D eigenvalue weighted by atomic mass is 10.3. The number of anilines is 2. The fourth-order valence-electron chi connectivity index (χ4n) is 2.55. The van der Waals surface area contributed by atoms with E-state index < -0.39 is 29.4 Å². The van der Waals surface area contributed by atoms with Gasteiger partial charge in [0.05, 0.1) is 5.69 Å². The lowest BCUT2D eigenvalue weighted by Crippen LogP contribution is -2.37. The van der Waals surface area contributed by atoms with E-state index in [2.05, 4.69) is 5.32 Å². The van der Waals surface area contributed by atoms with Gasteiger partial charge in [0.25, 0.3) is 0 Å². The molecule has 0 radical (unpaired) electrons. The van der Waals surface area contributed by atoms with Crippen LogP contribution in [-0.2, 0) is 4.79 Å². The Kier molecular flexibility index (Phi) is 4.60. The first-order valence-corrected chi connectivity index (χ1v) is 7.51. The molecule has 1 heterocycles. The molecule has 2 aromatic rings. The summed E-state index contributed by atoms with van der Waals surface area (Å²) in [5.41, 5.74) is 0.234. The maximum atomic E-state index is 13.5. The number of carbonyl (C=O) groups excluding carboxylic acids is 2. The van der Waals surface area contributed by atoms with Gasteiger partial charge in [0.2, 0.25) is 5.91 Å². The van der Waals surface area contributed by atoms with E-state index in [0.717, 1.165) is 12.1 Å². The normalized spacial score (nSPS) is 14.1. The second-order valence-electron chi connectivity index (χ2n) is 5.48. The average molecular weight is 349 g/mol. The number of nitrogens with zero attached hydrogens (tertiary/aromatic N) is 2. The third-order valence-electron chi connectivity index (χ3n) is 3.79. The Morgan fingerprint density at radius 2 is 1.76 bits per heavy atom. The van der Waals surface area contributed by atoms with Gasteiger partial charge in [-0.05, 0) is 24.3 Å². The van der Waals surface area contributed by atoms with Crippen LogP contribution in [0.2, 0.25) is 0 Å². The second kappa shape index (κ2) is 6.84. The van der Waals surface area contributed by atoms with Crippen molar-refractivity contribution in [2.45, 2.75) is 0 Å². The number of benzene rings is 2. The van der Waals surface area contributed by atoms with E-state index in [-0.39, 0.29) is 31.0 Å². The van der Waals surface area contributed by atoms with Crippen molar-refractivity contribution in [3.8, 4) is 0 Å². The highest BCUT2D eigenvalue weighted by Gasteiger charge is 2.31. The Bertz CT molecular complexity index is 829. The SMILES string of the molecule is O=C(CN1CCN(c2ccc(F)c(F)c2)C1=O)Nc1ccccc1F. The Morgan fingerprint density at radius 3 is 2.48 bits per heavy atom.